The molecule has 0 aromatic carbocycles. The Morgan fingerprint density at radius 2 is 2.07 bits per heavy atom. The number of hydrogen-bond acceptors (Lipinski definition) is 6. The molecule has 1 fully saturated rings. The molecule has 3 N–H and O–H groups in total. The molecule has 4 atom stereocenters. The van der Waals surface area contributed by atoms with Crippen molar-refractivity contribution in [2.75, 3.05) is 20.7 Å². The second kappa shape index (κ2) is 3.92. The van der Waals surface area contributed by atoms with Gasteiger partial charge in [0.2, 0.25) is 0 Å². The first kappa shape index (κ1) is 11.5. The Labute approximate surface area is 81.7 Å². The van der Waals surface area contributed by atoms with Gasteiger partial charge in [-0.05, 0) is 14.1 Å². The van der Waals surface area contributed by atoms with E-state index in [4.69, 9.17) is 9.84 Å². The van der Waals surface area contributed by atoms with Crippen LogP contribution >= 0.6 is 0 Å². The second-order valence-corrected chi connectivity index (χ2v) is 3.64. The van der Waals surface area contributed by atoms with Crippen LogP contribution in [0.3, 0.4) is 0 Å². The average Bonchev–Trinajstić information content (AvgIpc) is 2.38. The zero-order chi connectivity index (χ0) is 10.9. The molecule has 82 valence electrons. The van der Waals surface area contributed by atoms with Gasteiger partial charge in [-0.3, -0.25) is 9.69 Å². The summed E-state index contributed by atoms with van der Waals surface area (Å²) in [4.78, 5) is 12.2. The van der Waals surface area contributed by atoms with E-state index in [1.165, 1.54) is 4.90 Å². The highest BCUT2D eigenvalue weighted by atomic mass is 16.6. The molecule has 1 aliphatic rings. The summed E-state index contributed by atoms with van der Waals surface area (Å²) in [6, 6.07) is -0.715. The predicted octanol–water partition coefficient (Wildman–Crippen LogP) is -2.44. The first-order valence-electron chi connectivity index (χ1n) is 4.26. The number of hydrogen-bond donors (Lipinski definition) is 3. The molecule has 0 aromatic rings. The molecule has 6 heteroatoms. The van der Waals surface area contributed by atoms with E-state index in [-0.39, 0.29) is 0 Å². The number of aldehydes is 1. The summed E-state index contributed by atoms with van der Waals surface area (Å²) in [5.41, 5.74) is -1.70. The molecule has 0 bridgehead atoms. The smallest absolute Gasteiger partial charge is 0.176 e. The fourth-order valence-electron chi connectivity index (χ4n) is 1.61. The number of nitrogens with zero attached hydrogens (tertiary/aromatic N) is 1. The van der Waals surface area contributed by atoms with Gasteiger partial charge in [-0.15, -0.1) is 0 Å². The molecule has 0 spiro atoms. The Kier molecular flexibility index (Phi) is 3.23. The topological polar surface area (TPSA) is 90.2 Å². The van der Waals surface area contributed by atoms with Crippen molar-refractivity contribution in [2.24, 2.45) is 0 Å². The van der Waals surface area contributed by atoms with Crippen LogP contribution in [0.4, 0.5) is 0 Å². The molecule has 1 heterocycles. The van der Waals surface area contributed by atoms with E-state index in [0.29, 0.717) is 6.29 Å². The second-order valence-electron chi connectivity index (χ2n) is 3.64. The van der Waals surface area contributed by atoms with Crippen molar-refractivity contribution >= 4 is 6.29 Å². The standard InChI is InChI=1S/C8H15NO5/c1-9(2)5-6(12)8(3-10,4-11)14-7(5)13/h3,5-7,11-13H,4H2,1-2H3/t5?,6?,7-,8-/m1/s1. The van der Waals surface area contributed by atoms with Crippen molar-refractivity contribution in [3.63, 3.8) is 0 Å². The maximum atomic E-state index is 10.7. The lowest BCUT2D eigenvalue weighted by Crippen LogP contribution is -2.51. The third kappa shape index (κ3) is 1.55. The molecular formula is C8H15NO5. The van der Waals surface area contributed by atoms with Crippen LogP contribution in [0.5, 0.6) is 0 Å². The van der Waals surface area contributed by atoms with Crippen molar-refractivity contribution in [2.45, 2.75) is 24.0 Å². The van der Waals surface area contributed by atoms with Gasteiger partial charge >= 0.3 is 0 Å². The SMILES string of the molecule is CN(C)C1C(O)[C@@](C=O)(CO)O[C@H]1O. The van der Waals surface area contributed by atoms with Gasteiger partial charge in [0.15, 0.2) is 18.2 Å². The lowest BCUT2D eigenvalue weighted by molar-refractivity contribution is -0.172. The molecule has 1 aliphatic heterocycles. The van der Waals surface area contributed by atoms with Crippen molar-refractivity contribution in [3.8, 4) is 0 Å². The van der Waals surface area contributed by atoms with Crippen molar-refractivity contribution in [3.05, 3.63) is 0 Å². The Morgan fingerprint density at radius 1 is 1.50 bits per heavy atom. The highest BCUT2D eigenvalue weighted by Crippen LogP contribution is 2.30. The zero-order valence-corrected chi connectivity index (χ0v) is 8.12. The molecule has 6 nitrogen and oxygen atoms in total. The summed E-state index contributed by atoms with van der Waals surface area (Å²) in [5.74, 6) is 0. The van der Waals surface area contributed by atoms with Crippen LogP contribution in [0, 0.1) is 0 Å². The van der Waals surface area contributed by atoms with Gasteiger partial charge in [-0.2, -0.15) is 0 Å². The molecule has 14 heavy (non-hydrogen) atoms. The number of likely N-dealkylation sites (N-methyl/N-ethyl adjacent to an activating group) is 1. The molecule has 0 saturated carbocycles. The van der Waals surface area contributed by atoms with Crippen LogP contribution in [0.1, 0.15) is 0 Å². The largest absolute Gasteiger partial charge is 0.393 e. The van der Waals surface area contributed by atoms with E-state index < -0.39 is 30.6 Å². The van der Waals surface area contributed by atoms with Crippen LogP contribution < -0.4 is 0 Å². The number of carbonyl (C=O) groups is 1. The summed E-state index contributed by atoms with van der Waals surface area (Å²) in [6.07, 6.45) is -2.20. The Morgan fingerprint density at radius 3 is 2.29 bits per heavy atom. The lowest BCUT2D eigenvalue weighted by atomic mass is 9.96. The minimum absolute atomic E-state index is 0.324. The summed E-state index contributed by atoms with van der Waals surface area (Å²) in [7, 11) is 3.28. The fourth-order valence-corrected chi connectivity index (χ4v) is 1.61. The highest BCUT2D eigenvalue weighted by molar-refractivity contribution is 5.65. The van der Waals surface area contributed by atoms with Gasteiger partial charge in [0.25, 0.3) is 0 Å². The van der Waals surface area contributed by atoms with Crippen molar-refractivity contribution < 1.29 is 24.9 Å². The summed E-state index contributed by atoms with van der Waals surface area (Å²) >= 11 is 0. The molecule has 0 aromatic heterocycles. The molecule has 0 radical (unpaired) electrons. The number of rotatable bonds is 3. The van der Waals surface area contributed by atoms with E-state index >= 15 is 0 Å². The molecule has 0 aliphatic carbocycles. The monoisotopic (exact) mass is 205 g/mol. The van der Waals surface area contributed by atoms with E-state index in [2.05, 4.69) is 0 Å². The summed E-state index contributed by atoms with van der Waals surface area (Å²) in [6.45, 7) is -0.654. The highest BCUT2D eigenvalue weighted by Gasteiger charge is 2.55. The third-order valence-electron chi connectivity index (χ3n) is 2.50. The first-order chi connectivity index (χ1) is 6.48. The van der Waals surface area contributed by atoms with E-state index in [0.717, 1.165) is 0 Å². The summed E-state index contributed by atoms with van der Waals surface area (Å²) < 4.78 is 4.88. The fraction of sp³-hybridized carbons (Fsp3) is 0.875. The number of aliphatic hydroxyl groups excluding tert-OH is 3. The molecule has 1 rings (SSSR count). The van der Waals surface area contributed by atoms with Crippen molar-refractivity contribution in [1.29, 1.82) is 0 Å². The predicted molar refractivity (Wildman–Crippen MR) is 46.5 cm³/mol. The van der Waals surface area contributed by atoms with E-state index in [9.17, 15) is 15.0 Å². The van der Waals surface area contributed by atoms with Gasteiger partial charge in [-0.1, -0.05) is 0 Å². The maximum Gasteiger partial charge on any atom is 0.176 e. The zero-order valence-electron chi connectivity index (χ0n) is 8.12. The number of aliphatic hydroxyl groups is 3. The van der Waals surface area contributed by atoms with Gasteiger partial charge in [-0.25, -0.2) is 0 Å². The average molecular weight is 205 g/mol. The maximum absolute atomic E-state index is 10.7. The first-order valence-corrected chi connectivity index (χ1v) is 4.26. The number of carbonyl (C=O) groups excluding carboxylic acids is 1. The Bertz CT molecular complexity index is 222. The minimum Gasteiger partial charge on any atom is -0.393 e. The molecule has 2 unspecified atom stereocenters. The van der Waals surface area contributed by atoms with E-state index in [1.807, 2.05) is 0 Å². The van der Waals surface area contributed by atoms with Crippen molar-refractivity contribution in [1.82, 2.24) is 4.90 Å². The Hall–Kier alpha value is -0.530. The van der Waals surface area contributed by atoms with Crippen LogP contribution in [-0.4, -0.2) is 71.2 Å². The van der Waals surface area contributed by atoms with Gasteiger partial charge in [0, 0.05) is 0 Å². The van der Waals surface area contributed by atoms with Crippen LogP contribution in [-0.2, 0) is 9.53 Å². The lowest BCUT2D eigenvalue weighted by Gasteiger charge is -2.26. The molecule has 0 amide bonds. The van der Waals surface area contributed by atoms with Gasteiger partial charge in [0.05, 0.1) is 12.6 Å². The summed E-state index contributed by atoms with van der Waals surface area (Å²) in [5, 5.41) is 28.1. The quantitative estimate of drug-likeness (QED) is 0.443. The normalized spacial score (nSPS) is 43.1. The van der Waals surface area contributed by atoms with E-state index in [1.54, 1.807) is 14.1 Å². The molecule has 1 saturated heterocycles. The Balaban J connectivity index is 2.92. The van der Waals surface area contributed by atoms with Gasteiger partial charge in [0.1, 0.15) is 6.10 Å². The van der Waals surface area contributed by atoms with Crippen LogP contribution in [0.15, 0.2) is 0 Å². The van der Waals surface area contributed by atoms with Gasteiger partial charge < -0.3 is 20.1 Å². The van der Waals surface area contributed by atoms with Crippen LogP contribution in [0.2, 0.25) is 0 Å². The minimum atomic E-state index is -1.70. The third-order valence-corrected chi connectivity index (χ3v) is 2.50. The molecular weight excluding hydrogens is 190 g/mol. The number of ether oxygens (including phenoxy) is 1. The van der Waals surface area contributed by atoms with Crippen LogP contribution in [0.25, 0.3) is 0 Å².